The zero-order valence-electron chi connectivity index (χ0n) is 50.3. The Balaban J connectivity index is 3.45. The number of allylic oxidation sites excluding steroid dienone is 7. The van der Waals surface area contributed by atoms with E-state index in [1.54, 1.807) is 0 Å². The fraction of sp³-hybridized carbons (Fsp3) is 0.855. The molecule has 0 bridgehead atoms. The summed E-state index contributed by atoms with van der Waals surface area (Å²) in [6, 6.07) is -0.547. The molecule has 0 aromatic heterocycles. The largest absolute Gasteiger partial charge is 0.465 e. The van der Waals surface area contributed by atoms with Crippen LogP contribution < -0.4 is 5.32 Å². The lowest BCUT2D eigenvalue weighted by Crippen LogP contribution is -2.45. The number of aliphatic hydroxyl groups is 2. The van der Waals surface area contributed by atoms with Crippen LogP contribution in [-0.4, -0.2) is 47.4 Å². The van der Waals surface area contributed by atoms with Crippen molar-refractivity contribution in [3.05, 3.63) is 48.6 Å². The minimum atomic E-state index is -0.669. The molecule has 0 aliphatic rings. The van der Waals surface area contributed by atoms with Crippen LogP contribution in [0.3, 0.4) is 0 Å². The first kappa shape index (κ1) is 72.8. The molecule has 0 fully saturated rings. The van der Waals surface area contributed by atoms with E-state index in [-0.39, 0.29) is 18.5 Å². The Morgan fingerprint density at radius 3 is 1.04 bits per heavy atom. The van der Waals surface area contributed by atoms with Crippen LogP contribution in [0.25, 0.3) is 0 Å². The average molecular weight is 1050 g/mol. The number of amides is 1. The highest BCUT2D eigenvalue weighted by atomic mass is 16.5. The molecule has 0 radical (unpaired) electrons. The van der Waals surface area contributed by atoms with Gasteiger partial charge in [0.2, 0.25) is 5.91 Å². The Hall–Kier alpha value is -2.18. The fourth-order valence-electron chi connectivity index (χ4n) is 10.3. The lowest BCUT2D eigenvalue weighted by atomic mass is 10.0. The van der Waals surface area contributed by atoms with Crippen LogP contribution >= 0.6 is 0 Å². The molecule has 0 aliphatic heterocycles. The summed E-state index contributed by atoms with van der Waals surface area (Å²) < 4.78 is 5.43. The molecule has 0 saturated carbocycles. The van der Waals surface area contributed by atoms with E-state index in [1.165, 1.54) is 263 Å². The number of rotatable bonds is 62. The molecule has 0 aromatic rings. The van der Waals surface area contributed by atoms with Gasteiger partial charge in [0.1, 0.15) is 0 Å². The number of esters is 1. The number of ether oxygens (including phenoxy) is 1. The highest BCUT2D eigenvalue weighted by Gasteiger charge is 2.20. The second kappa shape index (κ2) is 64.3. The minimum absolute atomic E-state index is 0.0375. The Kier molecular flexibility index (Phi) is 62.5. The van der Waals surface area contributed by atoms with Gasteiger partial charge < -0.3 is 20.3 Å². The number of unbranched alkanes of at least 4 members (excludes halogenated alkanes) is 43. The van der Waals surface area contributed by atoms with Crippen molar-refractivity contribution in [2.45, 2.75) is 366 Å². The third-order valence-electron chi connectivity index (χ3n) is 15.4. The number of carbonyl (C=O) groups excluding carboxylic acids is 2. The fourth-order valence-corrected chi connectivity index (χ4v) is 10.3. The first-order valence-electron chi connectivity index (χ1n) is 33.4. The molecule has 0 spiro atoms. The molecule has 0 aromatic carbocycles. The summed E-state index contributed by atoms with van der Waals surface area (Å²) in [6.45, 7) is 4.84. The van der Waals surface area contributed by atoms with E-state index < -0.39 is 12.1 Å². The first-order valence-corrected chi connectivity index (χ1v) is 33.4. The molecule has 6 nitrogen and oxygen atoms in total. The van der Waals surface area contributed by atoms with Gasteiger partial charge in [0.25, 0.3) is 0 Å². The Labute approximate surface area is 467 Å². The van der Waals surface area contributed by atoms with Crippen LogP contribution in [0.2, 0.25) is 0 Å². The van der Waals surface area contributed by atoms with E-state index in [9.17, 15) is 19.8 Å². The summed E-state index contributed by atoms with van der Waals surface area (Å²) in [6.07, 6.45) is 82.9. The summed E-state index contributed by atoms with van der Waals surface area (Å²) in [5.74, 6) is -0.0762. The second-order valence-electron chi connectivity index (χ2n) is 22.8. The van der Waals surface area contributed by atoms with Crippen molar-refractivity contribution in [2.24, 2.45) is 0 Å². The predicted molar refractivity (Wildman–Crippen MR) is 329 cm³/mol. The van der Waals surface area contributed by atoms with Gasteiger partial charge in [0.05, 0.1) is 25.4 Å². The van der Waals surface area contributed by atoms with Crippen molar-refractivity contribution in [3.63, 3.8) is 0 Å². The lowest BCUT2D eigenvalue weighted by molar-refractivity contribution is -0.143. The number of nitrogens with one attached hydrogen (secondary N) is 1. The molecule has 0 rings (SSSR count). The maximum Gasteiger partial charge on any atom is 0.305 e. The van der Waals surface area contributed by atoms with Crippen LogP contribution in [0, 0.1) is 0 Å². The molecule has 440 valence electrons. The topological polar surface area (TPSA) is 95.9 Å². The van der Waals surface area contributed by atoms with E-state index in [0.717, 1.165) is 57.8 Å². The first-order chi connectivity index (χ1) is 37.0. The van der Waals surface area contributed by atoms with Gasteiger partial charge in [-0.2, -0.15) is 0 Å². The Morgan fingerprint density at radius 2 is 0.667 bits per heavy atom. The summed E-state index contributed by atoms with van der Waals surface area (Å²) in [5.41, 5.74) is 0. The molecule has 0 heterocycles. The normalized spacial score (nSPS) is 12.9. The molecule has 0 saturated heterocycles. The van der Waals surface area contributed by atoms with Crippen molar-refractivity contribution in [2.75, 3.05) is 13.2 Å². The van der Waals surface area contributed by atoms with Gasteiger partial charge in [0.15, 0.2) is 0 Å². The Morgan fingerprint density at radius 1 is 0.373 bits per heavy atom. The van der Waals surface area contributed by atoms with Crippen molar-refractivity contribution in [3.8, 4) is 0 Å². The Bertz CT molecular complexity index is 1260. The van der Waals surface area contributed by atoms with E-state index >= 15 is 0 Å². The van der Waals surface area contributed by atoms with Crippen LogP contribution in [-0.2, 0) is 14.3 Å². The maximum atomic E-state index is 12.5. The quantitative estimate of drug-likeness (QED) is 0.0320. The second-order valence-corrected chi connectivity index (χ2v) is 22.8. The number of hydrogen-bond donors (Lipinski definition) is 3. The van der Waals surface area contributed by atoms with Gasteiger partial charge in [-0.15, -0.1) is 0 Å². The van der Waals surface area contributed by atoms with Crippen LogP contribution in [0.4, 0.5) is 0 Å². The molecule has 0 aliphatic carbocycles. The van der Waals surface area contributed by atoms with E-state index in [1.807, 2.05) is 0 Å². The van der Waals surface area contributed by atoms with Gasteiger partial charge in [-0.05, 0) is 77.0 Å². The van der Waals surface area contributed by atoms with Crippen molar-refractivity contribution < 1.29 is 24.5 Å². The number of aliphatic hydroxyl groups excluding tert-OH is 2. The van der Waals surface area contributed by atoms with Crippen molar-refractivity contribution in [1.29, 1.82) is 0 Å². The third kappa shape index (κ3) is 60.9. The predicted octanol–water partition coefficient (Wildman–Crippen LogP) is 21.3. The zero-order valence-corrected chi connectivity index (χ0v) is 50.3. The van der Waals surface area contributed by atoms with E-state index in [4.69, 9.17) is 4.74 Å². The van der Waals surface area contributed by atoms with E-state index in [2.05, 4.69) is 67.8 Å². The molecule has 1 amide bonds. The van der Waals surface area contributed by atoms with Crippen molar-refractivity contribution >= 4 is 11.9 Å². The van der Waals surface area contributed by atoms with Gasteiger partial charge in [-0.1, -0.05) is 313 Å². The standard InChI is InChI=1S/C69H129NO5/c1-3-5-7-9-11-13-15-17-19-21-26-31-35-39-43-47-51-55-59-63-69(74)75-64-60-56-52-48-44-40-36-32-28-25-23-24-27-30-34-38-42-46-50-54-58-62-68(73)70-66(65-71)67(72)61-57-53-49-45-41-37-33-29-22-20-18-16-14-12-10-8-6-4-2/h11,13,17,19,40,44,52,56,66-67,71-72H,3-10,12,14-16,18,20-39,41-43,45-51,53-55,57-65H2,1-2H3,(H,70,73)/b13-11-,19-17-,44-40-,56-52-. The highest BCUT2D eigenvalue weighted by molar-refractivity contribution is 5.76. The summed E-state index contributed by atoms with van der Waals surface area (Å²) >= 11 is 0. The minimum Gasteiger partial charge on any atom is -0.465 e. The molecule has 2 atom stereocenters. The van der Waals surface area contributed by atoms with Crippen molar-refractivity contribution in [1.82, 2.24) is 5.32 Å². The molecule has 6 heteroatoms. The van der Waals surface area contributed by atoms with Crippen LogP contribution in [0.15, 0.2) is 48.6 Å². The van der Waals surface area contributed by atoms with Gasteiger partial charge >= 0.3 is 5.97 Å². The lowest BCUT2D eigenvalue weighted by Gasteiger charge is -2.22. The SMILES string of the molecule is CCCCC/C=C\C/C=C\CCCCCCCCCCCC(=O)OCC/C=C\C/C=C\CCCCCCCCCCCCCCCCC(=O)NC(CO)C(O)CCCCCCCCCCCCCCCCCCCC. The highest BCUT2D eigenvalue weighted by Crippen LogP contribution is 2.18. The van der Waals surface area contributed by atoms with E-state index in [0.29, 0.717) is 25.9 Å². The summed E-state index contributed by atoms with van der Waals surface area (Å²) in [5, 5.41) is 23.4. The molecule has 2 unspecified atom stereocenters. The monoisotopic (exact) mass is 1050 g/mol. The van der Waals surface area contributed by atoms with Crippen LogP contribution in [0.1, 0.15) is 354 Å². The summed E-state index contributed by atoms with van der Waals surface area (Å²) in [4.78, 5) is 24.6. The van der Waals surface area contributed by atoms with Gasteiger partial charge in [-0.25, -0.2) is 0 Å². The van der Waals surface area contributed by atoms with Crippen LogP contribution in [0.5, 0.6) is 0 Å². The molecular formula is C69H129NO5. The molecule has 3 N–H and O–H groups in total. The maximum absolute atomic E-state index is 12.5. The van der Waals surface area contributed by atoms with Gasteiger partial charge in [0, 0.05) is 12.8 Å². The number of carbonyl (C=O) groups is 2. The number of hydrogen-bond acceptors (Lipinski definition) is 5. The van der Waals surface area contributed by atoms with Gasteiger partial charge in [-0.3, -0.25) is 9.59 Å². The molecule has 75 heavy (non-hydrogen) atoms. The molecular weight excluding hydrogens is 923 g/mol. The zero-order chi connectivity index (χ0) is 54.3. The summed E-state index contributed by atoms with van der Waals surface area (Å²) in [7, 11) is 0. The third-order valence-corrected chi connectivity index (χ3v) is 15.4. The average Bonchev–Trinajstić information content (AvgIpc) is 3.41. The smallest absolute Gasteiger partial charge is 0.305 e.